The highest BCUT2D eigenvalue weighted by Gasteiger charge is 2.18. The first-order chi connectivity index (χ1) is 12.0. The summed E-state index contributed by atoms with van der Waals surface area (Å²) in [5, 5.41) is 7.32. The molecule has 0 aliphatic rings. The summed E-state index contributed by atoms with van der Waals surface area (Å²) in [6.45, 7) is 1.51. The van der Waals surface area contributed by atoms with Gasteiger partial charge in [-0.1, -0.05) is 18.2 Å². The van der Waals surface area contributed by atoms with E-state index in [1.165, 1.54) is 31.2 Å². The minimum absolute atomic E-state index is 0.169. The zero-order valence-electron chi connectivity index (χ0n) is 13.2. The van der Waals surface area contributed by atoms with Crippen LogP contribution in [0.15, 0.2) is 48.5 Å². The van der Waals surface area contributed by atoms with E-state index in [1.807, 2.05) is 6.07 Å². The summed E-state index contributed by atoms with van der Waals surface area (Å²) in [5.41, 5.74) is 5.45. The standard InChI is InChI=1S/C17H15FN4O3/c1-10(25-12-8-6-11(18)7-9-12)16(23)21-22-17(24)15-13-4-2-3-5-14(13)19-20-15/h2-10H,1H3,(H,19,20)(H,21,23)(H,22,24). The van der Waals surface area contributed by atoms with E-state index in [1.54, 1.807) is 18.2 Å². The second-order valence-electron chi connectivity index (χ2n) is 5.28. The lowest BCUT2D eigenvalue weighted by Crippen LogP contribution is -2.47. The van der Waals surface area contributed by atoms with Gasteiger partial charge in [0.2, 0.25) is 0 Å². The largest absolute Gasteiger partial charge is 0.481 e. The summed E-state index contributed by atoms with van der Waals surface area (Å²) >= 11 is 0. The lowest BCUT2D eigenvalue weighted by molar-refractivity contribution is -0.128. The lowest BCUT2D eigenvalue weighted by Gasteiger charge is -2.14. The number of carbonyl (C=O) groups is 2. The molecule has 0 radical (unpaired) electrons. The van der Waals surface area contributed by atoms with Gasteiger partial charge >= 0.3 is 0 Å². The Kier molecular flexibility index (Phi) is 4.60. The second-order valence-corrected chi connectivity index (χ2v) is 5.28. The van der Waals surface area contributed by atoms with Crippen LogP contribution in [0.1, 0.15) is 17.4 Å². The Morgan fingerprint density at radius 2 is 1.84 bits per heavy atom. The van der Waals surface area contributed by atoms with E-state index < -0.39 is 23.7 Å². The van der Waals surface area contributed by atoms with E-state index in [2.05, 4.69) is 21.0 Å². The number of hydrogen-bond acceptors (Lipinski definition) is 4. The van der Waals surface area contributed by atoms with Gasteiger partial charge in [-0.05, 0) is 37.3 Å². The fraction of sp³-hybridized carbons (Fsp3) is 0.118. The molecule has 1 aromatic heterocycles. The normalized spacial score (nSPS) is 11.8. The average Bonchev–Trinajstić information content (AvgIpc) is 3.05. The Morgan fingerprint density at radius 3 is 2.60 bits per heavy atom. The van der Waals surface area contributed by atoms with Crippen molar-refractivity contribution in [3.63, 3.8) is 0 Å². The van der Waals surface area contributed by atoms with E-state index >= 15 is 0 Å². The van der Waals surface area contributed by atoms with E-state index in [4.69, 9.17) is 4.74 Å². The van der Waals surface area contributed by atoms with Gasteiger partial charge in [-0.25, -0.2) is 4.39 Å². The number of aromatic nitrogens is 2. The first-order valence-corrected chi connectivity index (χ1v) is 7.50. The van der Waals surface area contributed by atoms with E-state index in [0.717, 1.165) is 0 Å². The summed E-state index contributed by atoms with van der Waals surface area (Å²) in [4.78, 5) is 24.2. The van der Waals surface area contributed by atoms with Gasteiger partial charge in [-0.2, -0.15) is 5.10 Å². The molecule has 0 saturated heterocycles. The van der Waals surface area contributed by atoms with Crippen molar-refractivity contribution >= 4 is 22.7 Å². The van der Waals surface area contributed by atoms with Crippen molar-refractivity contribution < 1.29 is 18.7 Å². The number of aromatic amines is 1. The first-order valence-electron chi connectivity index (χ1n) is 7.50. The van der Waals surface area contributed by atoms with Gasteiger partial charge in [0.25, 0.3) is 11.8 Å². The topological polar surface area (TPSA) is 96.1 Å². The third-order valence-electron chi connectivity index (χ3n) is 3.48. The smallest absolute Gasteiger partial charge is 0.290 e. The molecule has 8 heteroatoms. The van der Waals surface area contributed by atoms with E-state index in [-0.39, 0.29) is 5.69 Å². The number of benzene rings is 2. The van der Waals surface area contributed by atoms with Gasteiger partial charge in [0.1, 0.15) is 11.6 Å². The third kappa shape index (κ3) is 3.74. The minimum atomic E-state index is -0.887. The lowest BCUT2D eigenvalue weighted by atomic mass is 10.2. The van der Waals surface area contributed by atoms with Crippen molar-refractivity contribution in [3.05, 3.63) is 60.0 Å². The van der Waals surface area contributed by atoms with Gasteiger partial charge in [-0.15, -0.1) is 0 Å². The molecule has 7 nitrogen and oxygen atoms in total. The number of H-pyrrole nitrogens is 1. The second kappa shape index (κ2) is 7.00. The molecule has 3 N–H and O–H groups in total. The van der Waals surface area contributed by atoms with Crippen molar-refractivity contribution in [2.24, 2.45) is 0 Å². The maximum atomic E-state index is 12.8. The number of ether oxygens (including phenoxy) is 1. The monoisotopic (exact) mass is 342 g/mol. The van der Waals surface area contributed by atoms with Crippen LogP contribution in [0.4, 0.5) is 4.39 Å². The molecule has 128 valence electrons. The predicted molar refractivity (Wildman–Crippen MR) is 88.2 cm³/mol. The first kappa shape index (κ1) is 16.4. The summed E-state index contributed by atoms with van der Waals surface area (Å²) in [5.74, 6) is -1.17. The number of rotatable bonds is 4. The molecule has 2 aromatic carbocycles. The van der Waals surface area contributed by atoms with Crippen LogP contribution >= 0.6 is 0 Å². The molecule has 0 bridgehead atoms. The maximum absolute atomic E-state index is 12.8. The third-order valence-corrected chi connectivity index (χ3v) is 3.48. The zero-order valence-corrected chi connectivity index (χ0v) is 13.2. The van der Waals surface area contributed by atoms with E-state index in [0.29, 0.717) is 16.7 Å². The van der Waals surface area contributed by atoms with Crippen LogP contribution in [-0.2, 0) is 4.79 Å². The Labute approximate surface area is 142 Å². The van der Waals surface area contributed by atoms with Gasteiger partial charge in [0.05, 0.1) is 5.52 Å². The van der Waals surface area contributed by atoms with Crippen molar-refractivity contribution in [3.8, 4) is 5.75 Å². The van der Waals surface area contributed by atoms with Crippen molar-refractivity contribution in [2.75, 3.05) is 0 Å². The molecule has 0 fully saturated rings. The fourth-order valence-electron chi connectivity index (χ4n) is 2.19. The van der Waals surface area contributed by atoms with Crippen LogP contribution in [0.3, 0.4) is 0 Å². The van der Waals surface area contributed by atoms with Crippen LogP contribution in [-0.4, -0.2) is 28.1 Å². The van der Waals surface area contributed by atoms with Gasteiger partial charge in [0.15, 0.2) is 11.8 Å². The Bertz CT molecular complexity index is 908. The molecule has 1 atom stereocenters. The molecule has 0 aliphatic heterocycles. The average molecular weight is 342 g/mol. The molecule has 25 heavy (non-hydrogen) atoms. The van der Waals surface area contributed by atoms with Crippen molar-refractivity contribution in [1.82, 2.24) is 21.0 Å². The fourth-order valence-corrected chi connectivity index (χ4v) is 2.19. The van der Waals surface area contributed by atoms with Crippen molar-refractivity contribution in [1.29, 1.82) is 0 Å². The number of para-hydroxylation sites is 1. The molecular formula is C17H15FN4O3. The highest BCUT2D eigenvalue weighted by molar-refractivity contribution is 6.05. The Balaban J connectivity index is 1.57. The summed E-state index contributed by atoms with van der Waals surface area (Å²) in [7, 11) is 0. The summed E-state index contributed by atoms with van der Waals surface area (Å²) < 4.78 is 18.2. The number of nitrogens with one attached hydrogen (secondary N) is 3. The summed E-state index contributed by atoms with van der Waals surface area (Å²) in [6, 6.07) is 12.4. The van der Waals surface area contributed by atoms with Gasteiger partial charge < -0.3 is 4.74 Å². The Hall–Kier alpha value is -3.42. The van der Waals surface area contributed by atoms with Gasteiger partial charge in [-0.3, -0.25) is 25.5 Å². The van der Waals surface area contributed by atoms with Crippen LogP contribution in [0.25, 0.3) is 10.9 Å². The van der Waals surface area contributed by atoms with Crippen LogP contribution < -0.4 is 15.6 Å². The number of carbonyl (C=O) groups excluding carboxylic acids is 2. The molecule has 3 aromatic rings. The quantitative estimate of drug-likeness (QED) is 0.631. The predicted octanol–water partition coefficient (Wildman–Crippen LogP) is 1.93. The number of fused-ring (bicyclic) bond motifs is 1. The van der Waals surface area contributed by atoms with Crippen molar-refractivity contribution in [2.45, 2.75) is 13.0 Å². The molecule has 0 saturated carbocycles. The SMILES string of the molecule is CC(Oc1ccc(F)cc1)C(=O)NNC(=O)c1n[nH]c2ccccc12. The molecule has 1 unspecified atom stereocenters. The number of hydrazine groups is 1. The Morgan fingerprint density at radius 1 is 1.12 bits per heavy atom. The number of halogens is 1. The molecule has 0 aliphatic carbocycles. The molecular weight excluding hydrogens is 327 g/mol. The van der Waals surface area contributed by atoms with Crippen LogP contribution in [0.2, 0.25) is 0 Å². The molecule has 0 spiro atoms. The highest BCUT2D eigenvalue weighted by atomic mass is 19.1. The van der Waals surface area contributed by atoms with Crippen LogP contribution in [0, 0.1) is 5.82 Å². The minimum Gasteiger partial charge on any atom is -0.481 e. The van der Waals surface area contributed by atoms with E-state index in [9.17, 15) is 14.0 Å². The number of nitrogens with zero attached hydrogens (tertiary/aromatic N) is 1. The molecule has 1 heterocycles. The highest BCUT2D eigenvalue weighted by Crippen LogP contribution is 2.15. The zero-order chi connectivity index (χ0) is 17.8. The maximum Gasteiger partial charge on any atom is 0.290 e. The van der Waals surface area contributed by atoms with Gasteiger partial charge in [0, 0.05) is 5.39 Å². The summed E-state index contributed by atoms with van der Waals surface area (Å²) in [6.07, 6.45) is -0.887. The number of amides is 2. The molecule has 3 rings (SSSR count). The molecule has 2 amide bonds. The number of hydrogen-bond donors (Lipinski definition) is 3. The van der Waals surface area contributed by atoms with Crippen LogP contribution in [0.5, 0.6) is 5.75 Å².